The van der Waals surface area contributed by atoms with E-state index in [4.69, 9.17) is 10.5 Å². The van der Waals surface area contributed by atoms with E-state index in [1.165, 1.54) is 24.3 Å². The van der Waals surface area contributed by atoms with Crippen LogP contribution in [0.3, 0.4) is 0 Å². The molecule has 0 aromatic heterocycles. The van der Waals surface area contributed by atoms with Crippen molar-refractivity contribution in [2.75, 3.05) is 0 Å². The number of carbonyl (C=O) groups is 5. The van der Waals surface area contributed by atoms with Crippen molar-refractivity contribution in [1.29, 1.82) is 0 Å². The molecule has 0 fully saturated rings. The van der Waals surface area contributed by atoms with Gasteiger partial charge in [0, 0.05) is 12.8 Å². The monoisotopic (exact) mass is 576 g/mol. The van der Waals surface area contributed by atoms with E-state index in [9.17, 15) is 34.2 Å². The Kier molecular flexibility index (Phi) is 11.4. The first-order chi connectivity index (χ1) is 20.1. The molecule has 220 valence electrons. The summed E-state index contributed by atoms with van der Waals surface area (Å²) in [5.41, 5.74) is 7.43. The van der Waals surface area contributed by atoms with E-state index >= 15 is 0 Å². The summed E-state index contributed by atoms with van der Waals surface area (Å²) in [6.07, 6.45) is -1.76. The molecule has 0 unspecified atom stereocenters. The Morgan fingerprint density at radius 2 is 1.17 bits per heavy atom. The zero-order valence-corrected chi connectivity index (χ0v) is 22.6. The van der Waals surface area contributed by atoms with Gasteiger partial charge in [-0.1, -0.05) is 72.8 Å². The quantitative estimate of drug-likeness (QED) is 0.165. The van der Waals surface area contributed by atoms with E-state index in [-0.39, 0.29) is 25.2 Å². The molecule has 12 nitrogen and oxygen atoms in total. The molecule has 0 radical (unpaired) electrons. The van der Waals surface area contributed by atoms with Gasteiger partial charge in [-0.2, -0.15) is 0 Å². The summed E-state index contributed by atoms with van der Waals surface area (Å²) in [5, 5.41) is 26.2. The second kappa shape index (κ2) is 15.4. The molecule has 0 bridgehead atoms. The van der Waals surface area contributed by atoms with Crippen LogP contribution in [0.2, 0.25) is 0 Å². The third-order valence-corrected chi connectivity index (χ3v) is 6.15. The molecule has 4 amide bonds. The van der Waals surface area contributed by atoms with E-state index in [1.54, 1.807) is 60.7 Å². The van der Waals surface area contributed by atoms with Crippen molar-refractivity contribution in [3.8, 4) is 5.75 Å². The summed E-state index contributed by atoms with van der Waals surface area (Å²) in [6, 6.07) is 19.4. The molecular weight excluding hydrogens is 544 g/mol. The summed E-state index contributed by atoms with van der Waals surface area (Å²) in [4.78, 5) is 62.6. The molecule has 0 heterocycles. The van der Waals surface area contributed by atoms with Crippen LogP contribution in [0.4, 0.5) is 4.79 Å². The summed E-state index contributed by atoms with van der Waals surface area (Å²) in [7, 11) is 0. The Bertz CT molecular complexity index is 1370. The smallest absolute Gasteiger partial charge is 0.408 e. The SMILES string of the molecule is NC(=O)[C@H](Cc1ccccc1)NC(=O)[C@H](CC(=O)O)NC(=O)[C@H](Cc1ccc(O)cc1)NC(=O)OCc1ccccc1. The van der Waals surface area contributed by atoms with Gasteiger partial charge in [-0.15, -0.1) is 0 Å². The number of alkyl carbamates (subject to hydrolysis) is 1. The number of phenolic OH excluding ortho intramolecular Hbond substituents is 1. The highest BCUT2D eigenvalue weighted by molar-refractivity contribution is 5.95. The highest BCUT2D eigenvalue weighted by atomic mass is 16.5. The number of ether oxygens (including phenoxy) is 1. The lowest BCUT2D eigenvalue weighted by Crippen LogP contribution is -2.57. The average Bonchev–Trinajstić information content (AvgIpc) is 2.97. The molecule has 0 spiro atoms. The van der Waals surface area contributed by atoms with Crippen LogP contribution in [0.15, 0.2) is 84.9 Å². The summed E-state index contributed by atoms with van der Waals surface area (Å²) in [6.45, 7) is -0.0693. The number of benzene rings is 3. The predicted molar refractivity (Wildman–Crippen MR) is 151 cm³/mol. The van der Waals surface area contributed by atoms with Gasteiger partial charge in [0.25, 0.3) is 0 Å². The zero-order valence-electron chi connectivity index (χ0n) is 22.6. The molecule has 3 rings (SSSR count). The Balaban J connectivity index is 1.74. The number of aromatic hydroxyl groups is 1. The Morgan fingerprint density at radius 1 is 0.667 bits per heavy atom. The van der Waals surface area contributed by atoms with Gasteiger partial charge in [0.1, 0.15) is 30.5 Å². The van der Waals surface area contributed by atoms with Crippen LogP contribution >= 0.6 is 0 Å². The number of phenols is 1. The molecule has 0 aliphatic heterocycles. The molecule has 0 saturated carbocycles. The van der Waals surface area contributed by atoms with Crippen molar-refractivity contribution < 1.29 is 38.9 Å². The number of rotatable bonds is 14. The highest BCUT2D eigenvalue weighted by Crippen LogP contribution is 2.12. The van der Waals surface area contributed by atoms with Crippen LogP contribution in [-0.4, -0.2) is 58.1 Å². The number of carboxylic acids is 1. The second-order valence-corrected chi connectivity index (χ2v) is 9.44. The van der Waals surface area contributed by atoms with Crippen LogP contribution in [-0.2, 0) is 43.4 Å². The molecule has 3 atom stereocenters. The number of nitrogens with two attached hydrogens (primary N) is 1. The van der Waals surface area contributed by atoms with E-state index < -0.39 is 54.3 Å². The minimum absolute atomic E-state index is 0.00678. The molecule has 0 saturated heterocycles. The number of aliphatic carboxylic acids is 1. The van der Waals surface area contributed by atoms with E-state index in [2.05, 4.69) is 16.0 Å². The van der Waals surface area contributed by atoms with Gasteiger partial charge < -0.3 is 36.6 Å². The lowest BCUT2D eigenvalue weighted by molar-refractivity contribution is -0.141. The summed E-state index contributed by atoms with van der Waals surface area (Å²) in [5.74, 6) is -4.06. The fraction of sp³-hybridized carbons (Fsp3) is 0.233. The number of primary amides is 1. The van der Waals surface area contributed by atoms with Crippen LogP contribution < -0.4 is 21.7 Å². The molecule has 3 aromatic carbocycles. The first-order valence-electron chi connectivity index (χ1n) is 13.0. The van der Waals surface area contributed by atoms with Crippen LogP contribution in [0.25, 0.3) is 0 Å². The summed E-state index contributed by atoms with van der Waals surface area (Å²) >= 11 is 0. The fourth-order valence-electron chi connectivity index (χ4n) is 3.99. The number of hydrogen-bond donors (Lipinski definition) is 6. The Morgan fingerprint density at radius 3 is 1.74 bits per heavy atom. The maximum absolute atomic E-state index is 13.3. The number of carboxylic acid groups (broad SMARTS) is 1. The third kappa shape index (κ3) is 10.3. The van der Waals surface area contributed by atoms with Gasteiger partial charge in [0.05, 0.1) is 6.42 Å². The van der Waals surface area contributed by atoms with Crippen molar-refractivity contribution in [3.63, 3.8) is 0 Å². The second-order valence-electron chi connectivity index (χ2n) is 9.44. The number of carbonyl (C=O) groups excluding carboxylic acids is 4. The molecular formula is C30H32N4O8. The van der Waals surface area contributed by atoms with Gasteiger partial charge in [-0.05, 0) is 28.8 Å². The maximum Gasteiger partial charge on any atom is 0.408 e. The van der Waals surface area contributed by atoms with Crippen molar-refractivity contribution in [1.82, 2.24) is 16.0 Å². The Labute approximate surface area is 241 Å². The largest absolute Gasteiger partial charge is 0.508 e. The minimum atomic E-state index is -1.60. The first-order valence-corrected chi connectivity index (χ1v) is 13.0. The van der Waals surface area contributed by atoms with Crippen LogP contribution in [0.1, 0.15) is 23.1 Å². The van der Waals surface area contributed by atoms with Crippen molar-refractivity contribution in [2.45, 2.75) is 44.0 Å². The standard InChI is InChI=1S/C30H32N4O8/c31-27(38)23(15-19-7-3-1-4-8-19)32-29(40)25(17-26(36)37)33-28(39)24(16-20-11-13-22(35)14-12-20)34-30(41)42-18-21-9-5-2-6-10-21/h1-14,23-25,35H,15-18H2,(H2,31,38)(H,32,40)(H,33,39)(H,34,41)(H,36,37)/t23-,24-,25-/m0/s1. The molecule has 12 heteroatoms. The lowest BCUT2D eigenvalue weighted by atomic mass is 10.0. The summed E-state index contributed by atoms with van der Waals surface area (Å²) < 4.78 is 5.22. The zero-order chi connectivity index (χ0) is 30.5. The fourth-order valence-corrected chi connectivity index (χ4v) is 3.99. The molecule has 42 heavy (non-hydrogen) atoms. The number of amides is 4. The number of hydrogen-bond acceptors (Lipinski definition) is 7. The van der Waals surface area contributed by atoms with E-state index in [1.807, 2.05) is 0 Å². The maximum atomic E-state index is 13.3. The van der Waals surface area contributed by atoms with Gasteiger partial charge >= 0.3 is 12.1 Å². The molecule has 7 N–H and O–H groups in total. The van der Waals surface area contributed by atoms with Crippen LogP contribution in [0.5, 0.6) is 5.75 Å². The van der Waals surface area contributed by atoms with Gasteiger partial charge in [-0.25, -0.2) is 4.79 Å². The van der Waals surface area contributed by atoms with Crippen molar-refractivity contribution in [2.24, 2.45) is 5.73 Å². The first kappa shape index (κ1) is 31.1. The topological polar surface area (TPSA) is 197 Å². The van der Waals surface area contributed by atoms with Gasteiger partial charge in [0.2, 0.25) is 17.7 Å². The van der Waals surface area contributed by atoms with Crippen molar-refractivity contribution >= 4 is 29.8 Å². The van der Waals surface area contributed by atoms with E-state index in [0.29, 0.717) is 16.7 Å². The highest BCUT2D eigenvalue weighted by Gasteiger charge is 2.31. The van der Waals surface area contributed by atoms with E-state index in [0.717, 1.165) is 0 Å². The molecule has 3 aromatic rings. The molecule has 0 aliphatic rings. The minimum Gasteiger partial charge on any atom is -0.508 e. The Hall–Kier alpha value is -5.39. The normalized spacial score (nSPS) is 12.7. The van der Waals surface area contributed by atoms with Gasteiger partial charge in [-0.3, -0.25) is 19.2 Å². The third-order valence-electron chi connectivity index (χ3n) is 6.15. The molecule has 0 aliphatic carbocycles. The predicted octanol–water partition coefficient (Wildman–Crippen LogP) is 1.40. The lowest BCUT2D eigenvalue weighted by Gasteiger charge is -2.24. The van der Waals surface area contributed by atoms with Crippen LogP contribution in [0, 0.1) is 0 Å². The van der Waals surface area contributed by atoms with Gasteiger partial charge in [0.15, 0.2) is 0 Å². The average molecular weight is 577 g/mol. The van der Waals surface area contributed by atoms with Crippen molar-refractivity contribution in [3.05, 3.63) is 102 Å². The number of nitrogens with one attached hydrogen (secondary N) is 3.